The molecule has 2 aliphatic carbocycles. The maximum atomic E-state index is 12.4. The number of rotatable bonds is 2. The number of nitrogens with one attached hydrogen (secondary N) is 1. The highest BCUT2D eigenvalue weighted by Gasteiger charge is 2.31. The molecule has 0 aliphatic heterocycles. The number of hydrogen-bond donors (Lipinski definition) is 1. The van der Waals surface area contributed by atoms with Crippen LogP contribution in [0.15, 0.2) is 0 Å². The number of carbonyl (C=O) groups excluding carboxylic acids is 1. The SMILES string of the molecule is CC1CCC(C(=O)NC2CC[C@H](C)[C@H](C)C2)C[C@@H]1C. The zero-order valence-corrected chi connectivity index (χ0v) is 13.1. The lowest BCUT2D eigenvalue weighted by molar-refractivity contribution is -0.127. The molecule has 2 nitrogen and oxygen atoms in total. The van der Waals surface area contributed by atoms with Gasteiger partial charge in [0.2, 0.25) is 5.91 Å². The third-order valence-electron chi connectivity index (χ3n) is 5.91. The molecule has 1 N–H and O–H groups in total. The van der Waals surface area contributed by atoms with Gasteiger partial charge in [0.05, 0.1) is 0 Å². The highest BCUT2D eigenvalue weighted by molar-refractivity contribution is 5.79. The van der Waals surface area contributed by atoms with Crippen molar-refractivity contribution in [3.8, 4) is 0 Å². The fraction of sp³-hybridized carbons (Fsp3) is 0.941. The van der Waals surface area contributed by atoms with Crippen molar-refractivity contribution in [3.05, 3.63) is 0 Å². The van der Waals surface area contributed by atoms with Gasteiger partial charge in [-0.05, 0) is 62.2 Å². The van der Waals surface area contributed by atoms with Crippen LogP contribution >= 0.6 is 0 Å². The number of carbonyl (C=O) groups is 1. The maximum absolute atomic E-state index is 12.4. The summed E-state index contributed by atoms with van der Waals surface area (Å²) in [5.41, 5.74) is 0. The molecule has 1 amide bonds. The summed E-state index contributed by atoms with van der Waals surface area (Å²) in [4.78, 5) is 12.4. The first-order chi connectivity index (χ1) is 8.97. The van der Waals surface area contributed by atoms with E-state index in [1.807, 2.05) is 0 Å². The van der Waals surface area contributed by atoms with Crippen molar-refractivity contribution in [1.82, 2.24) is 5.32 Å². The van der Waals surface area contributed by atoms with Crippen LogP contribution in [0.1, 0.15) is 66.2 Å². The number of hydrogen-bond acceptors (Lipinski definition) is 1. The lowest BCUT2D eigenvalue weighted by Crippen LogP contribution is -2.44. The van der Waals surface area contributed by atoms with E-state index in [4.69, 9.17) is 0 Å². The minimum Gasteiger partial charge on any atom is -0.353 e. The zero-order valence-electron chi connectivity index (χ0n) is 13.1. The maximum Gasteiger partial charge on any atom is 0.223 e. The predicted octanol–water partition coefficient (Wildman–Crippen LogP) is 4.00. The Morgan fingerprint density at radius 2 is 1.37 bits per heavy atom. The van der Waals surface area contributed by atoms with Crippen LogP contribution in [0, 0.1) is 29.6 Å². The summed E-state index contributed by atoms with van der Waals surface area (Å²) in [7, 11) is 0. The van der Waals surface area contributed by atoms with Crippen LogP contribution in [-0.4, -0.2) is 11.9 Å². The molecule has 110 valence electrons. The summed E-state index contributed by atoms with van der Waals surface area (Å²) in [5, 5.41) is 3.34. The third-order valence-corrected chi connectivity index (χ3v) is 5.91. The van der Waals surface area contributed by atoms with Crippen molar-refractivity contribution in [1.29, 1.82) is 0 Å². The molecule has 0 aromatic carbocycles. The van der Waals surface area contributed by atoms with E-state index >= 15 is 0 Å². The first kappa shape index (κ1) is 14.9. The van der Waals surface area contributed by atoms with E-state index in [9.17, 15) is 4.79 Å². The van der Waals surface area contributed by atoms with E-state index in [0.717, 1.165) is 30.6 Å². The molecule has 19 heavy (non-hydrogen) atoms. The van der Waals surface area contributed by atoms with Gasteiger partial charge in [-0.2, -0.15) is 0 Å². The Morgan fingerprint density at radius 3 is 1.95 bits per heavy atom. The lowest BCUT2D eigenvalue weighted by Gasteiger charge is -2.35. The summed E-state index contributed by atoms with van der Waals surface area (Å²) in [5.74, 6) is 3.69. The van der Waals surface area contributed by atoms with Crippen LogP contribution in [-0.2, 0) is 4.79 Å². The van der Waals surface area contributed by atoms with Crippen molar-refractivity contribution in [2.45, 2.75) is 72.3 Å². The van der Waals surface area contributed by atoms with Gasteiger partial charge in [0.25, 0.3) is 0 Å². The van der Waals surface area contributed by atoms with Crippen LogP contribution < -0.4 is 5.32 Å². The molecule has 2 aliphatic rings. The molecule has 0 aromatic rings. The second-order valence-electron chi connectivity index (χ2n) is 7.44. The van der Waals surface area contributed by atoms with Gasteiger partial charge in [-0.1, -0.05) is 27.7 Å². The predicted molar refractivity (Wildman–Crippen MR) is 79.8 cm³/mol. The molecule has 3 unspecified atom stereocenters. The molecule has 2 fully saturated rings. The Bertz CT molecular complexity index is 314. The van der Waals surface area contributed by atoms with Crippen molar-refractivity contribution < 1.29 is 4.79 Å². The average Bonchev–Trinajstić information content (AvgIpc) is 2.37. The van der Waals surface area contributed by atoms with Crippen LogP contribution in [0.3, 0.4) is 0 Å². The minimum atomic E-state index is 0.279. The van der Waals surface area contributed by atoms with Crippen LogP contribution in [0.2, 0.25) is 0 Å². The Balaban J connectivity index is 1.81. The molecular formula is C17H31NO. The first-order valence-electron chi connectivity index (χ1n) is 8.27. The Morgan fingerprint density at radius 1 is 0.789 bits per heavy atom. The average molecular weight is 265 g/mol. The first-order valence-corrected chi connectivity index (χ1v) is 8.27. The monoisotopic (exact) mass is 265 g/mol. The molecule has 0 spiro atoms. The third kappa shape index (κ3) is 3.73. The largest absolute Gasteiger partial charge is 0.353 e. The molecule has 0 radical (unpaired) electrons. The Kier molecular flexibility index (Phi) is 4.92. The van der Waals surface area contributed by atoms with Gasteiger partial charge in [-0.15, -0.1) is 0 Å². The fourth-order valence-corrected chi connectivity index (χ4v) is 3.78. The molecule has 2 heteroatoms. The van der Waals surface area contributed by atoms with Gasteiger partial charge < -0.3 is 5.32 Å². The minimum absolute atomic E-state index is 0.279. The number of amides is 1. The summed E-state index contributed by atoms with van der Waals surface area (Å²) in [6, 6.07) is 0.438. The van der Waals surface area contributed by atoms with Crippen molar-refractivity contribution in [2.24, 2.45) is 29.6 Å². The molecular weight excluding hydrogens is 234 g/mol. The van der Waals surface area contributed by atoms with Crippen molar-refractivity contribution >= 4 is 5.91 Å². The van der Waals surface area contributed by atoms with Gasteiger partial charge in [0.1, 0.15) is 0 Å². The highest BCUT2D eigenvalue weighted by atomic mass is 16.1. The zero-order chi connectivity index (χ0) is 14.0. The lowest BCUT2D eigenvalue weighted by atomic mass is 9.75. The Hall–Kier alpha value is -0.530. The summed E-state index contributed by atoms with van der Waals surface area (Å²) in [6.45, 7) is 9.29. The van der Waals surface area contributed by atoms with Gasteiger partial charge in [-0.3, -0.25) is 4.79 Å². The van der Waals surface area contributed by atoms with E-state index in [1.54, 1.807) is 0 Å². The molecule has 0 aromatic heterocycles. The van der Waals surface area contributed by atoms with E-state index < -0.39 is 0 Å². The van der Waals surface area contributed by atoms with Crippen LogP contribution in [0.4, 0.5) is 0 Å². The summed E-state index contributed by atoms with van der Waals surface area (Å²) >= 11 is 0. The summed E-state index contributed by atoms with van der Waals surface area (Å²) < 4.78 is 0. The molecule has 0 bridgehead atoms. The van der Waals surface area contributed by atoms with Gasteiger partial charge in [0, 0.05) is 12.0 Å². The second-order valence-corrected chi connectivity index (χ2v) is 7.44. The highest BCUT2D eigenvalue weighted by Crippen LogP contribution is 2.34. The fourth-order valence-electron chi connectivity index (χ4n) is 3.78. The second kappa shape index (κ2) is 6.28. The molecule has 2 rings (SSSR count). The van der Waals surface area contributed by atoms with Gasteiger partial charge in [0.15, 0.2) is 0 Å². The summed E-state index contributed by atoms with van der Waals surface area (Å²) in [6.07, 6.45) is 7.02. The molecule has 0 heterocycles. The van der Waals surface area contributed by atoms with E-state index in [-0.39, 0.29) is 5.92 Å². The van der Waals surface area contributed by atoms with E-state index in [0.29, 0.717) is 17.9 Å². The quantitative estimate of drug-likeness (QED) is 0.803. The standard InChI is InChI=1S/C17H31NO/c1-11-5-7-15(9-13(11)3)17(19)18-16-8-6-12(2)14(4)10-16/h11-16H,5-10H2,1-4H3,(H,18,19)/t11?,12-,13-,14+,15?,16?/m0/s1. The van der Waals surface area contributed by atoms with Gasteiger partial charge >= 0.3 is 0 Å². The Labute approximate surface area is 118 Å². The topological polar surface area (TPSA) is 29.1 Å². The van der Waals surface area contributed by atoms with E-state index in [2.05, 4.69) is 33.0 Å². The van der Waals surface area contributed by atoms with Crippen LogP contribution in [0.25, 0.3) is 0 Å². The van der Waals surface area contributed by atoms with Gasteiger partial charge in [-0.25, -0.2) is 0 Å². The normalized spacial score (nSPS) is 43.8. The van der Waals surface area contributed by atoms with E-state index in [1.165, 1.54) is 25.7 Å². The van der Waals surface area contributed by atoms with Crippen LogP contribution in [0.5, 0.6) is 0 Å². The smallest absolute Gasteiger partial charge is 0.223 e. The van der Waals surface area contributed by atoms with Crippen molar-refractivity contribution in [2.75, 3.05) is 0 Å². The molecule has 6 atom stereocenters. The molecule has 0 saturated heterocycles. The molecule has 2 saturated carbocycles. The van der Waals surface area contributed by atoms with Crippen molar-refractivity contribution in [3.63, 3.8) is 0 Å².